The topological polar surface area (TPSA) is 50.8 Å². The van der Waals surface area contributed by atoms with Crippen LogP contribution in [0.4, 0.5) is 11.4 Å². The summed E-state index contributed by atoms with van der Waals surface area (Å²) in [6.07, 6.45) is 0.319. The highest BCUT2D eigenvalue weighted by molar-refractivity contribution is 5.90. The Morgan fingerprint density at radius 1 is 1.12 bits per heavy atom. The minimum Gasteiger partial charge on any atom is -0.493 e. The Hall–Kier alpha value is -2.53. The second-order valence-corrected chi connectivity index (χ2v) is 6.06. The number of hydrogen-bond donors (Lipinski definition) is 1. The van der Waals surface area contributed by atoms with Gasteiger partial charge in [0.25, 0.3) is 0 Å². The van der Waals surface area contributed by atoms with E-state index < -0.39 is 0 Å². The molecule has 0 aliphatic carbocycles. The summed E-state index contributed by atoms with van der Waals surface area (Å²) in [7, 11) is 0. The molecule has 0 aromatic heterocycles. The third-order valence-electron chi connectivity index (χ3n) is 4.21. The number of benzene rings is 2. The van der Waals surface area contributed by atoms with Gasteiger partial charge in [-0.25, -0.2) is 0 Å². The number of carbonyl (C=O) groups excluding carboxylic acids is 1. The fraction of sp³-hybridized carbons (Fsp3) is 0.350. The van der Waals surface area contributed by atoms with Crippen LogP contribution < -0.4 is 15.0 Å². The number of carbonyl (C=O) groups is 1. The second kappa shape index (κ2) is 8.53. The van der Waals surface area contributed by atoms with Crippen LogP contribution in [0, 0.1) is 6.92 Å². The number of ether oxygens (including phenoxy) is 2. The van der Waals surface area contributed by atoms with Crippen LogP contribution in [0.5, 0.6) is 5.75 Å². The number of amides is 1. The van der Waals surface area contributed by atoms with E-state index in [1.54, 1.807) is 0 Å². The molecular formula is C20H24N2O3. The summed E-state index contributed by atoms with van der Waals surface area (Å²) in [5, 5.41) is 2.91. The van der Waals surface area contributed by atoms with Crippen molar-refractivity contribution in [3.63, 3.8) is 0 Å². The highest BCUT2D eigenvalue weighted by Gasteiger charge is 2.11. The van der Waals surface area contributed by atoms with E-state index in [0.29, 0.717) is 13.0 Å². The Morgan fingerprint density at radius 2 is 1.84 bits per heavy atom. The molecule has 1 heterocycles. The summed E-state index contributed by atoms with van der Waals surface area (Å²) in [4.78, 5) is 14.3. The highest BCUT2D eigenvalue weighted by atomic mass is 16.5. The van der Waals surface area contributed by atoms with Gasteiger partial charge in [-0.05, 0) is 42.8 Å². The van der Waals surface area contributed by atoms with Crippen molar-refractivity contribution in [3.05, 3.63) is 54.1 Å². The standard InChI is InChI=1S/C20H24N2O3/c1-16-4-2-3-5-19(16)25-13-10-20(23)21-17-6-8-18(9-7-17)22-11-14-24-15-12-22/h2-9H,10-15H2,1H3,(H,21,23). The first kappa shape index (κ1) is 17.3. The molecule has 0 bridgehead atoms. The van der Waals surface area contributed by atoms with E-state index in [1.807, 2.05) is 55.5 Å². The van der Waals surface area contributed by atoms with Crippen molar-refractivity contribution in [1.29, 1.82) is 0 Å². The maximum atomic E-state index is 12.1. The first-order chi connectivity index (χ1) is 12.2. The Bertz CT molecular complexity index is 694. The largest absolute Gasteiger partial charge is 0.493 e. The van der Waals surface area contributed by atoms with Gasteiger partial charge in [-0.1, -0.05) is 18.2 Å². The smallest absolute Gasteiger partial charge is 0.227 e. The van der Waals surface area contributed by atoms with Crippen molar-refractivity contribution >= 4 is 17.3 Å². The van der Waals surface area contributed by atoms with Crippen LogP contribution in [0.15, 0.2) is 48.5 Å². The van der Waals surface area contributed by atoms with E-state index in [1.165, 1.54) is 0 Å². The molecular weight excluding hydrogens is 316 g/mol. The van der Waals surface area contributed by atoms with E-state index in [-0.39, 0.29) is 5.91 Å². The van der Waals surface area contributed by atoms with Crippen LogP contribution >= 0.6 is 0 Å². The number of hydrogen-bond acceptors (Lipinski definition) is 4. The molecule has 0 saturated carbocycles. The van der Waals surface area contributed by atoms with Gasteiger partial charge in [-0.2, -0.15) is 0 Å². The SMILES string of the molecule is Cc1ccccc1OCCC(=O)Nc1ccc(N2CCOCC2)cc1. The van der Waals surface area contributed by atoms with Crippen molar-refractivity contribution in [2.45, 2.75) is 13.3 Å². The molecule has 132 valence electrons. The number of rotatable bonds is 6. The van der Waals surface area contributed by atoms with Crippen molar-refractivity contribution in [2.75, 3.05) is 43.1 Å². The van der Waals surface area contributed by atoms with Gasteiger partial charge in [-0.15, -0.1) is 0 Å². The Labute approximate surface area is 148 Å². The van der Waals surface area contributed by atoms with Gasteiger partial charge in [0.2, 0.25) is 5.91 Å². The van der Waals surface area contributed by atoms with Crippen LogP contribution in [0.3, 0.4) is 0 Å². The molecule has 1 saturated heterocycles. The fourth-order valence-corrected chi connectivity index (χ4v) is 2.77. The highest BCUT2D eigenvalue weighted by Crippen LogP contribution is 2.19. The molecule has 1 aliphatic rings. The summed E-state index contributed by atoms with van der Waals surface area (Å²) in [6.45, 7) is 5.69. The molecule has 5 heteroatoms. The maximum absolute atomic E-state index is 12.1. The average molecular weight is 340 g/mol. The van der Waals surface area contributed by atoms with Crippen LogP contribution in [0.1, 0.15) is 12.0 Å². The number of nitrogens with one attached hydrogen (secondary N) is 1. The Kier molecular flexibility index (Phi) is 5.90. The Morgan fingerprint density at radius 3 is 2.56 bits per heavy atom. The van der Waals surface area contributed by atoms with Crippen molar-refractivity contribution in [3.8, 4) is 5.75 Å². The number of anilines is 2. The fourth-order valence-electron chi connectivity index (χ4n) is 2.77. The molecule has 3 rings (SSSR count). The van der Waals surface area contributed by atoms with Crippen LogP contribution in [-0.2, 0) is 9.53 Å². The minimum absolute atomic E-state index is 0.0484. The first-order valence-corrected chi connectivity index (χ1v) is 8.63. The number of morpholine rings is 1. The molecule has 25 heavy (non-hydrogen) atoms. The van der Waals surface area contributed by atoms with E-state index in [2.05, 4.69) is 10.2 Å². The molecule has 0 unspecified atom stereocenters. The molecule has 0 atom stereocenters. The van der Waals surface area contributed by atoms with E-state index in [4.69, 9.17) is 9.47 Å². The van der Waals surface area contributed by atoms with Gasteiger partial charge in [0.1, 0.15) is 5.75 Å². The summed E-state index contributed by atoms with van der Waals surface area (Å²) >= 11 is 0. The first-order valence-electron chi connectivity index (χ1n) is 8.63. The van der Waals surface area contributed by atoms with Crippen molar-refractivity contribution in [2.24, 2.45) is 0 Å². The zero-order valence-corrected chi connectivity index (χ0v) is 14.5. The van der Waals surface area contributed by atoms with Crippen molar-refractivity contribution < 1.29 is 14.3 Å². The summed E-state index contributed by atoms with van der Waals surface area (Å²) < 4.78 is 11.0. The lowest BCUT2D eigenvalue weighted by Crippen LogP contribution is -2.36. The third-order valence-corrected chi connectivity index (χ3v) is 4.21. The predicted molar refractivity (Wildman–Crippen MR) is 99.4 cm³/mol. The monoisotopic (exact) mass is 340 g/mol. The average Bonchev–Trinajstić information content (AvgIpc) is 2.65. The zero-order valence-electron chi connectivity index (χ0n) is 14.5. The maximum Gasteiger partial charge on any atom is 0.227 e. The molecule has 2 aromatic rings. The predicted octanol–water partition coefficient (Wildman–Crippen LogP) is 3.24. The number of aryl methyl sites for hydroxylation is 1. The molecule has 0 radical (unpaired) electrons. The lowest BCUT2D eigenvalue weighted by atomic mass is 10.2. The van der Waals surface area contributed by atoms with Crippen LogP contribution in [0.2, 0.25) is 0 Å². The second-order valence-electron chi connectivity index (χ2n) is 6.06. The molecule has 1 amide bonds. The minimum atomic E-state index is -0.0484. The molecule has 1 N–H and O–H groups in total. The lowest BCUT2D eigenvalue weighted by molar-refractivity contribution is -0.116. The van der Waals surface area contributed by atoms with Crippen LogP contribution in [0.25, 0.3) is 0 Å². The van der Waals surface area contributed by atoms with Gasteiger partial charge < -0.3 is 19.7 Å². The van der Waals surface area contributed by atoms with Gasteiger partial charge >= 0.3 is 0 Å². The van der Waals surface area contributed by atoms with E-state index >= 15 is 0 Å². The summed E-state index contributed by atoms with van der Waals surface area (Å²) in [5.41, 5.74) is 3.03. The molecule has 0 spiro atoms. The normalized spacial score (nSPS) is 14.2. The quantitative estimate of drug-likeness (QED) is 0.877. The van der Waals surface area contributed by atoms with Gasteiger partial charge in [0, 0.05) is 24.5 Å². The lowest BCUT2D eigenvalue weighted by Gasteiger charge is -2.28. The van der Waals surface area contributed by atoms with Gasteiger partial charge in [0.15, 0.2) is 0 Å². The van der Waals surface area contributed by atoms with E-state index in [9.17, 15) is 4.79 Å². The van der Waals surface area contributed by atoms with E-state index in [0.717, 1.165) is 49.0 Å². The Balaban J connectivity index is 1.45. The zero-order chi connectivity index (χ0) is 17.5. The van der Waals surface area contributed by atoms with Crippen LogP contribution in [-0.4, -0.2) is 38.8 Å². The number of nitrogens with zero attached hydrogens (tertiary/aromatic N) is 1. The summed E-state index contributed by atoms with van der Waals surface area (Å²) in [6, 6.07) is 15.7. The molecule has 1 fully saturated rings. The molecule has 2 aromatic carbocycles. The van der Waals surface area contributed by atoms with Gasteiger partial charge in [0.05, 0.1) is 26.2 Å². The molecule has 5 nitrogen and oxygen atoms in total. The van der Waals surface area contributed by atoms with Crippen molar-refractivity contribution in [1.82, 2.24) is 0 Å². The number of para-hydroxylation sites is 1. The third kappa shape index (κ3) is 4.97. The van der Waals surface area contributed by atoms with Gasteiger partial charge in [-0.3, -0.25) is 4.79 Å². The molecule has 1 aliphatic heterocycles. The summed E-state index contributed by atoms with van der Waals surface area (Å²) in [5.74, 6) is 0.776.